The normalized spacial score (nSPS) is 12.1. The Kier molecular flexibility index (Phi) is 3.37. The van der Waals surface area contributed by atoms with E-state index < -0.39 is 16.7 Å². The quantitative estimate of drug-likeness (QED) is 0.675. The fraction of sp³-hybridized carbons (Fsp3) is 0.250. The van der Waals surface area contributed by atoms with Crippen LogP contribution < -0.4 is 5.32 Å². The summed E-state index contributed by atoms with van der Waals surface area (Å²) in [6.07, 6.45) is 0. The van der Waals surface area contributed by atoms with Crippen LogP contribution in [0.2, 0.25) is 0 Å². The molecular formula is C12H12N2O5. The molecular weight excluding hydrogens is 252 g/mol. The van der Waals surface area contributed by atoms with Crippen molar-refractivity contribution in [3.05, 3.63) is 51.7 Å². The van der Waals surface area contributed by atoms with E-state index >= 15 is 0 Å². The Hall–Kier alpha value is -2.57. The van der Waals surface area contributed by atoms with Crippen molar-refractivity contribution in [1.82, 2.24) is 5.32 Å². The Morgan fingerprint density at radius 3 is 2.58 bits per heavy atom. The van der Waals surface area contributed by atoms with E-state index in [4.69, 9.17) is 8.83 Å². The number of aryl methyl sites for hydroxylation is 1. The van der Waals surface area contributed by atoms with Crippen LogP contribution >= 0.6 is 0 Å². The van der Waals surface area contributed by atoms with Gasteiger partial charge in [-0.05, 0) is 32.0 Å². The zero-order valence-corrected chi connectivity index (χ0v) is 10.4. The molecule has 0 saturated carbocycles. The molecule has 0 spiro atoms. The lowest BCUT2D eigenvalue weighted by molar-refractivity contribution is -0.402. The number of carbonyl (C=O) groups is 1. The molecule has 7 heteroatoms. The maximum Gasteiger partial charge on any atom is 0.433 e. The molecule has 0 aliphatic carbocycles. The number of hydrogen-bond acceptors (Lipinski definition) is 5. The predicted molar refractivity (Wildman–Crippen MR) is 64.7 cm³/mol. The Balaban J connectivity index is 2.06. The van der Waals surface area contributed by atoms with Gasteiger partial charge in [0.1, 0.15) is 16.4 Å². The molecule has 2 aromatic rings. The lowest BCUT2D eigenvalue weighted by Gasteiger charge is -2.09. The minimum Gasteiger partial charge on any atom is -0.464 e. The van der Waals surface area contributed by atoms with E-state index in [1.807, 2.05) is 0 Å². The Labute approximate surface area is 108 Å². The monoisotopic (exact) mass is 264 g/mol. The van der Waals surface area contributed by atoms with Crippen LogP contribution in [-0.4, -0.2) is 10.8 Å². The topological polar surface area (TPSA) is 98.5 Å². The van der Waals surface area contributed by atoms with Crippen LogP contribution in [-0.2, 0) is 0 Å². The molecule has 0 aliphatic rings. The summed E-state index contributed by atoms with van der Waals surface area (Å²) in [5.41, 5.74) is 0. The molecule has 19 heavy (non-hydrogen) atoms. The molecule has 1 unspecified atom stereocenters. The van der Waals surface area contributed by atoms with Gasteiger partial charge in [0.2, 0.25) is 0 Å². The van der Waals surface area contributed by atoms with E-state index in [0.717, 1.165) is 11.8 Å². The third-order valence-corrected chi connectivity index (χ3v) is 2.53. The molecule has 1 amide bonds. The second kappa shape index (κ2) is 4.97. The number of hydrogen-bond donors (Lipinski definition) is 1. The largest absolute Gasteiger partial charge is 0.464 e. The van der Waals surface area contributed by atoms with Gasteiger partial charge in [-0.3, -0.25) is 14.9 Å². The third-order valence-electron chi connectivity index (χ3n) is 2.53. The summed E-state index contributed by atoms with van der Waals surface area (Å²) < 4.78 is 10.2. The van der Waals surface area contributed by atoms with Crippen LogP contribution in [0, 0.1) is 17.0 Å². The van der Waals surface area contributed by atoms with Crippen LogP contribution in [0.5, 0.6) is 0 Å². The number of furan rings is 2. The van der Waals surface area contributed by atoms with Crippen LogP contribution in [0.1, 0.15) is 35.0 Å². The van der Waals surface area contributed by atoms with Gasteiger partial charge in [0.05, 0.1) is 12.1 Å². The van der Waals surface area contributed by atoms with Crippen LogP contribution in [0.25, 0.3) is 0 Å². The van der Waals surface area contributed by atoms with Gasteiger partial charge in [-0.15, -0.1) is 0 Å². The number of carbonyl (C=O) groups excluding carboxylic acids is 1. The highest BCUT2D eigenvalue weighted by molar-refractivity contribution is 5.91. The zero-order valence-electron chi connectivity index (χ0n) is 10.4. The molecule has 0 bridgehead atoms. The van der Waals surface area contributed by atoms with Crippen molar-refractivity contribution < 1.29 is 18.6 Å². The first kappa shape index (κ1) is 12.9. The van der Waals surface area contributed by atoms with Gasteiger partial charge in [0.15, 0.2) is 5.76 Å². The standard InChI is InChI=1S/C12H12N2O5/c1-7-3-4-9(18-7)8(2)13-12(15)10-5-6-11(19-10)14(16)17/h3-6,8H,1-2H3,(H,13,15). The van der Waals surface area contributed by atoms with Gasteiger partial charge in [0, 0.05) is 0 Å². The lowest BCUT2D eigenvalue weighted by atomic mass is 10.2. The highest BCUT2D eigenvalue weighted by atomic mass is 16.6. The predicted octanol–water partition coefficient (Wildman–Crippen LogP) is 2.58. The summed E-state index contributed by atoms with van der Waals surface area (Å²) in [6.45, 7) is 3.54. The fourth-order valence-corrected chi connectivity index (χ4v) is 1.57. The van der Waals surface area contributed by atoms with E-state index in [2.05, 4.69) is 5.32 Å². The van der Waals surface area contributed by atoms with Gasteiger partial charge in [-0.25, -0.2) is 0 Å². The van der Waals surface area contributed by atoms with Crippen molar-refractivity contribution in [1.29, 1.82) is 0 Å². The number of nitrogens with one attached hydrogen (secondary N) is 1. The summed E-state index contributed by atoms with van der Waals surface area (Å²) in [5.74, 6) is 0.236. The first-order chi connectivity index (χ1) is 8.97. The average molecular weight is 264 g/mol. The summed E-state index contributed by atoms with van der Waals surface area (Å²) in [6, 6.07) is 5.58. The molecule has 2 heterocycles. The van der Waals surface area contributed by atoms with Crippen molar-refractivity contribution in [2.45, 2.75) is 19.9 Å². The zero-order chi connectivity index (χ0) is 14.0. The van der Waals surface area contributed by atoms with Crippen molar-refractivity contribution >= 4 is 11.8 Å². The summed E-state index contributed by atoms with van der Waals surface area (Å²) in [7, 11) is 0. The van der Waals surface area contributed by atoms with E-state index in [1.54, 1.807) is 26.0 Å². The average Bonchev–Trinajstić information content (AvgIpc) is 2.96. The van der Waals surface area contributed by atoms with Gasteiger partial charge in [-0.1, -0.05) is 0 Å². The first-order valence-electron chi connectivity index (χ1n) is 5.59. The molecule has 2 rings (SSSR count). The molecule has 100 valence electrons. The molecule has 0 radical (unpaired) electrons. The Morgan fingerprint density at radius 2 is 2.05 bits per heavy atom. The van der Waals surface area contributed by atoms with Gasteiger partial charge >= 0.3 is 5.88 Å². The second-order valence-electron chi connectivity index (χ2n) is 4.04. The highest BCUT2D eigenvalue weighted by Gasteiger charge is 2.20. The van der Waals surface area contributed by atoms with Crippen molar-refractivity contribution in [3.8, 4) is 0 Å². The van der Waals surface area contributed by atoms with E-state index in [0.29, 0.717) is 5.76 Å². The SMILES string of the molecule is Cc1ccc(C(C)NC(=O)c2ccc([N+](=O)[O-])o2)o1. The van der Waals surface area contributed by atoms with Gasteiger partial charge in [0.25, 0.3) is 5.91 Å². The maximum atomic E-state index is 11.8. The molecule has 2 aromatic heterocycles. The molecule has 7 nitrogen and oxygen atoms in total. The highest BCUT2D eigenvalue weighted by Crippen LogP contribution is 2.18. The molecule has 0 fully saturated rings. The Morgan fingerprint density at radius 1 is 1.32 bits per heavy atom. The third kappa shape index (κ3) is 2.82. The van der Waals surface area contributed by atoms with Gasteiger partial charge < -0.3 is 14.2 Å². The summed E-state index contributed by atoms with van der Waals surface area (Å²) in [4.78, 5) is 21.6. The number of nitrogens with zero attached hydrogens (tertiary/aromatic N) is 1. The second-order valence-corrected chi connectivity index (χ2v) is 4.04. The molecule has 1 N–H and O–H groups in total. The summed E-state index contributed by atoms with van der Waals surface area (Å²) in [5, 5.41) is 13.1. The molecule has 0 aromatic carbocycles. The summed E-state index contributed by atoms with van der Waals surface area (Å²) >= 11 is 0. The molecule has 0 aliphatic heterocycles. The van der Waals surface area contributed by atoms with Crippen LogP contribution in [0.15, 0.2) is 33.1 Å². The maximum absolute atomic E-state index is 11.8. The Bertz CT molecular complexity index is 613. The minimum absolute atomic E-state index is 0.109. The van der Waals surface area contributed by atoms with Gasteiger partial charge in [-0.2, -0.15) is 0 Å². The van der Waals surface area contributed by atoms with Crippen LogP contribution in [0.4, 0.5) is 5.88 Å². The minimum atomic E-state index is -0.698. The smallest absolute Gasteiger partial charge is 0.433 e. The van der Waals surface area contributed by atoms with Crippen LogP contribution in [0.3, 0.4) is 0 Å². The first-order valence-corrected chi connectivity index (χ1v) is 5.59. The van der Waals surface area contributed by atoms with Crippen molar-refractivity contribution in [2.75, 3.05) is 0 Å². The number of rotatable bonds is 4. The van der Waals surface area contributed by atoms with E-state index in [9.17, 15) is 14.9 Å². The van der Waals surface area contributed by atoms with Crippen molar-refractivity contribution in [2.24, 2.45) is 0 Å². The van der Waals surface area contributed by atoms with E-state index in [1.165, 1.54) is 6.07 Å². The van der Waals surface area contributed by atoms with E-state index in [-0.39, 0.29) is 11.8 Å². The van der Waals surface area contributed by atoms with Crippen molar-refractivity contribution in [3.63, 3.8) is 0 Å². The number of amides is 1. The lowest BCUT2D eigenvalue weighted by Crippen LogP contribution is -2.25. The molecule has 1 atom stereocenters. The molecule has 0 saturated heterocycles. The number of nitro groups is 1. The fourth-order valence-electron chi connectivity index (χ4n) is 1.57.